The first-order chi connectivity index (χ1) is 14.6. The van der Waals surface area contributed by atoms with Gasteiger partial charge in [0, 0.05) is 16.7 Å². The molecular weight excluding hydrogens is 396 g/mol. The maximum absolute atomic E-state index is 12.9. The zero-order valence-corrected chi connectivity index (χ0v) is 17.6. The zero-order chi connectivity index (χ0) is 22.7. The van der Waals surface area contributed by atoms with Crippen molar-refractivity contribution < 1.29 is 29.6 Å². The minimum atomic E-state index is -1.71. The summed E-state index contributed by atoms with van der Waals surface area (Å²) in [5.74, 6) is -2.07. The molecule has 158 valence electrons. The molecule has 4 rings (SSSR count). The molecule has 0 atom stereocenters. The molecule has 3 N–H and O–H groups in total. The quantitative estimate of drug-likeness (QED) is 0.542. The Morgan fingerprint density at radius 2 is 1.26 bits per heavy atom. The van der Waals surface area contributed by atoms with Crippen molar-refractivity contribution in [2.24, 2.45) is 0 Å². The van der Waals surface area contributed by atoms with Gasteiger partial charge in [-0.1, -0.05) is 0 Å². The largest absolute Gasteiger partial charge is 0.507 e. The number of carbonyl (C=O) groups is 2. The van der Waals surface area contributed by atoms with E-state index in [0.717, 1.165) is 22.3 Å². The van der Waals surface area contributed by atoms with E-state index in [-0.39, 0.29) is 39.3 Å². The van der Waals surface area contributed by atoms with Crippen LogP contribution >= 0.6 is 0 Å². The molecule has 1 aliphatic rings. The number of aromatic carboxylic acids is 1. The molecule has 0 radical (unpaired) electrons. The topological polar surface area (TPSA) is 104 Å². The van der Waals surface area contributed by atoms with Crippen molar-refractivity contribution in [3.8, 4) is 11.5 Å². The molecule has 0 aliphatic carbocycles. The van der Waals surface area contributed by atoms with Crippen molar-refractivity contribution in [3.05, 3.63) is 92.5 Å². The van der Waals surface area contributed by atoms with Crippen LogP contribution in [0.15, 0.2) is 42.5 Å². The van der Waals surface area contributed by atoms with Crippen molar-refractivity contribution >= 4 is 11.9 Å². The molecule has 1 aliphatic heterocycles. The number of esters is 1. The van der Waals surface area contributed by atoms with Crippen molar-refractivity contribution in [2.75, 3.05) is 0 Å². The number of aromatic hydroxyl groups is 2. The molecular formula is C25H22O6. The third kappa shape index (κ3) is 2.94. The molecule has 6 nitrogen and oxygen atoms in total. The Labute approximate surface area is 179 Å². The monoisotopic (exact) mass is 418 g/mol. The molecule has 0 saturated carbocycles. The summed E-state index contributed by atoms with van der Waals surface area (Å²) in [5.41, 5.74) is 2.57. The third-order valence-corrected chi connectivity index (χ3v) is 6.09. The van der Waals surface area contributed by atoms with Crippen LogP contribution in [0.4, 0.5) is 0 Å². The molecule has 0 amide bonds. The van der Waals surface area contributed by atoms with Crippen LogP contribution in [0.1, 0.15) is 59.7 Å². The molecule has 0 saturated heterocycles. The molecule has 1 heterocycles. The standard InChI is InChI=1S/C25H22O6/c1-12-7-19(21(26)9-14(12)3)25(20-8-13(2)15(4)10-22(20)27)18-11-16(23(28)29)5-6-17(18)24(30)31-25/h5-11,26-27H,1-4H3,(H,28,29). The van der Waals surface area contributed by atoms with Gasteiger partial charge in [-0.2, -0.15) is 0 Å². The number of phenols is 2. The average molecular weight is 418 g/mol. The van der Waals surface area contributed by atoms with Crippen molar-refractivity contribution in [2.45, 2.75) is 33.3 Å². The van der Waals surface area contributed by atoms with Crippen LogP contribution in [0.5, 0.6) is 11.5 Å². The lowest BCUT2D eigenvalue weighted by molar-refractivity contribution is 0.0239. The Balaban J connectivity index is 2.18. The van der Waals surface area contributed by atoms with Gasteiger partial charge in [0.1, 0.15) is 11.5 Å². The lowest BCUT2D eigenvalue weighted by atomic mass is 9.77. The van der Waals surface area contributed by atoms with Gasteiger partial charge < -0.3 is 20.1 Å². The Morgan fingerprint density at radius 3 is 1.74 bits per heavy atom. The highest BCUT2D eigenvalue weighted by Gasteiger charge is 2.52. The highest BCUT2D eigenvalue weighted by Crippen LogP contribution is 2.52. The third-order valence-electron chi connectivity index (χ3n) is 6.09. The number of carboxylic acids is 1. The van der Waals surface area contributed by atoms with E-state index in [9.17, 15) is 24.9 Å². The molecule has 31 heavy (non-hydrogen) atoms. The number of carbonyl (C=O) groups excluding carboxylic acids is 1. The zero-order valence-electron chi connectivity index (χ0n) is 17.6. The molecule has 6 heteroatoms. The fraction of sp³-hybridized carbons (Fsp3) is 0.200. The Bertz CT molecular complexity index is 1210. The second kappa shape index (κ2) is 6.87. The molecule has 0 aromatic heterocycles. The molecule has 0 unspecified atom stereocenters. The van der Waals surface area contributed by atoms with Crippen molar-refractivity contribution in [1.29, 1.82) is 0 Å². The number of benzene rings is 3. The van der Waals surface area contributed by atoms with E-state index in [2.05, 4.69) is 0 Å². The summed E-state index contributed by atoms with van der Waals surface area (Å²) < 4.78 is 5.93. The first kappa shape index (κ1) is 20.5. The number of phenolic OH excluding ortho intramolecular Hbond substituents is 2. The predicted molar refractivity (Wildman–Crippen MR) is 114 cm³/mol. The first-order valence-corrected chi connectivity index (χ1v) is 9.78. The molecule has 3 aromatic rings. The van der Waals surface area contributed by atoms with Crippen LogP contribution in [0.3, 0.4) is 0 Å². The summed E-state index contributed by atoms with van der Waals surface area (Å²) in [6.45, 7) is 7.40. The maximum atomic E-state index is 12.9. The minimum absolute atomic E-state index is 0.0342. The Hall–Kier alpha value is -3.80. The SMILES string of the molecule is Cc1cc(O)c(C2(c3cc(C)c(C)cc3O)OC(=O)c3ccc(C(=O)O)cc32)cc1C. The van der Waals surface area contributed by atoms with Crippen LogP contribution in [0.2, 0.25) is 0 Å². The highest BCUT2D eigenvalue weighted by atomic mass is 16.6. The summed E-state index contributed by atoms with van der Waals surface area (Å²) in [6.07, 6.45) is 0. The van der Waals surface area contributed by atoms with Crippen molar-refractivity contribution in [3.63, 3.8) is 0 Å². The summed E-state index contributed by atoms with van der Waals surface area (Å²) in [5, 5.41) is 31.4. The number of hydrogen-bond acceptors (Lipinski definition) is 5. The fourth-order valence-corrected chi connectivity index (χ4v) is 4.11. The second-order valence-corrected chi connectivity index (χ2v) is 8.04. The van der Waals surface area contributed by atoms with E-state index in [0.29, 0.717) is 0 Å². The fourth-order valence-electron chi connectivity index (χ4n) is 4.11. The molecule has 0 bridgehead atoms. The number of hydrogen-bond donors (Lipinski definition) is 3. The van der Waals surface area contributed by atoms with E-state index in [4.69, 9.17) is 4.74 Å². The van der Waals surface area contributed by atoms with E-state index in [1.807, 2.05) is 27.7 Å². The van der Waals surface area contributed by atoms with Gasteiger partial charge in [-0.25, -0.2) is 9.59 Å². The first-order valence-electron chi connectivity index (χ1n) is 9.78. The maximum Gasteiger partial charge on any atom is 0.340 e. The summed E-state index contributed by atoms with van der Waals surface area (Å²) in [7, 11) is 0. The number of carboxylic acid groups (broad SMARTS) is 1. The van der Waals surface area contributed by atoms with Crippen LogP contribution in [0, 0.1) is 27.7 Å². The van der Waals surface area contributed by atoms with Crippen LogP contribution in [-0.2, 0) is 10.3 Å². The van der Waals surface area contributed by atoms with Crippen molar-refractivity contribution in [1.82, 2.24) is 0 Å². The summed E-state index contributed by atoms with van der Waals surface area (Å²) >= 11 is 0. The number of cyclic esters (lactones) is 1. The Morgan fingerprint density at radius 1 is 0.774 bits per heavy atom. The summed E-state index contributed by atoms with van der Waals surface area (Å²) in [6, 6.07) is 10.6. The van der Waals surface area contributed by atoms with Gasteiger partial charge in [0.25, 0.3) is 0 Å². The number of aryl methyl sites for hydroxylation is 4. The van der Waals surface area contributed by atoms with E-state index < -0.39 is 17.5 Å². The normalized spacial score (nSPS) is 14.3. The van der Waals surface area contributed by atoms with Crippen LogP contribution < -0.4 is 0 Å². The van der Waals surface area contributed by atoms with Gasteiger partial charge in [-0.15, -0.1) is 0 Å². The second-order valence-electron chi connectivity index (χ2n) is 8.04. The van der Waals surface area contributed by atoms with Gasteiger partial charge >= 0.3 is 11.9 Å². The van der Waals surface area contributed by atoms with E-state index in [1.165, 1.54) is 18.2 Å². The predicted octanol–water partition coefficient (Wildman–Crippen LogP) is 4.49. The van der Waals surface area contributed by atoms with Crippen LogP contribution in [-0.4, -0.2) is 27.3 Å². The number of rotatable bonds is 3. The minimum Gasteiger partial charge on any atom is -0.507 e. The molecule has 0 spiro atoms. The van der Waals surface area contributed by atoms with Gasteiger partial charge in [-0.05, 0) is 92.4 Å². The van der Waals surface area contributed by atoms with E-state index >= 15 is 0 Å². The smallest absolute Gasteiger partial charge is 0.340 e. The van der Waals surface area contributed by atoms with Gasteiger partial charge in [0.2, 0.25) is 0 Å². The number of fused-ring (bicyclic) bond motifs is 1. The lowest BCUT2D eigenvalue weighted by Gasteiger charge is -2.32. The Kier molecular flexibility index (Phi) is 4.54. The van der Waals surface area contributed by atoms with Gasteiger partial charge in [0.05, 0.1) is 11.1 Å². The van der Waals surface area contributed by atoms with Gasteiger partial charge in [0.15, 0.2) is 5.60 Å². The highest BCUT2D eigenvalue weighted by molar-refractivity contribution is 5.99. The van der Waals surface area contributed by atoms with Crippen LogP contribution in [0.25, 0.3) is 0 Å². The molecule has 0 fully saturated rings. The lowest BCUT2D eigenvalue weighted by Crippen LogP contribution is -2.30. The van der Waals surface area contributed by atoms with Gasteiger partial charge in [-0.3, -0.25) is 0 Å². The van der Waals surface area contributed by atoms with E-state index in [1.54, 1.807) is 24.3 Å². The molecule has 3 aromatic carbocycles. The average Bonchev–Trinajstić information content (AvgIpc) is 3.00. The number of ether oxygens (including phenoxy) is 1. The summed E-state index contributed by atoms with van der Waals surface area (Å²) in [4.78, 5) is 24.6.